The van der Waals surface area contributed by atoms with E-state index in [0.717, 1.165) is 38.2 Å². The van der Waals surface area contributed by atoms with E-state index in [1.54, 1.807) is 34.4 Å². The van der Waals surface area contributed by atoms with E-state index in [9.17, 15) is 0 Å². The van der Waals surface area contributed by atoms with Crippen LogP contribution in [0.15, 0.2) is 48.8 Å². The molecule has 4 rings (SSSR count). The minimum atomic E-state index is 0.280. The van der Waals surface area contributed by atoms with Gasteiger partial charge in [0.25, 0.3) is 0 Å². The zero-order valence-corrected chi connectivity index (χ0v) is 26.2. The van der Waals surface area contributed by atoms with Crippen molar-refractivity contribution in [3.05, 3.63) is 44.8 Å². The molecule has 0 aliphatic carbocycles. The highest BCUT2D eigenvalue weighted by Gasteiger charge is 2.27. The Morgan fingerprint density at radius 1 is 1.09 bits per heavy atom. The molecule has 2 N–H and O–H groups in total. The molecule has 0 spiro atoms. The van der Waals surface area contributed by atoms with Crippen LogP contribution in [0.2, 0.25) is 0 Å². The molecule has 0 saturated carbocycles. The van der Waals surface area contributed by atoms with Crippen LogP contribution in [0.25, 0.3) is 0 Å². The van der Waals surface area contributed by atoms with Gasteiger partial charge in [0.05, 0.1) is 12.1 Å². The Hall–Kier alpha value is -1.06. The van der Waals surface area contributed by atoms with Crippen molar-refractivity contribution in [3.8, 4) is 0 Å². The molecule has 2 unspecified atom stereocenters. The van der Waals surface area contributed by atoms with Crippen molar-refractivity contribution in [3.63, 3.8) is 0 Å². The van der Waals surface area contributed by atoms with E-state index in [4.69, 9.17) is 17.3 Å². The molecule has 2 aromatic heterocycles. The molecule has 2 aliphatic heterocycles. The summed E-state index contributed by atoms with van der Waals surface area (Å²) in [5.41, 5.74) is 2.62. The van der Waals surface area contributed by atoms with Gasteiger partial charge in [0.1, 0.15) is 0 Å². The lowest BCUT2D eigenvalue weighted by atomic mass is 10.1. The molecular weight excluding hydrogens is 631 g/mol. The predicted octanol–water partition coefficient (Wildman–Crippen LogP) is 6.25. The third-order valence-electron chi connectivity index (χ3n) is 4.72. The molecule has 2 aliphatic rings. The Balaban J connectivity index is 0.000000307. The van der Waals surface area contributed by atoms with Crippen LogP contribution in [0, 0.1) is 0 Å². The normalized spacial score (nSPS) is 18.2. The molecule has 0 radical (unpaired) electrons. The highest BCUT2D eigenvalue weighted by Crippen LogP contribution is 2.32. The monoisotopic (exact) mass is 666 g/mol. The number of thiophene rings is 2. The van der Waals surface area contributed by atoms with Crippen molar-refractivity contribution in [1.82, 2.24) is 15.3 Å². The molecule has 4 heterocycles. The number of amidine groups is 1. The molecule has 2 atom stereocenters. The zero-order valence-electron chi connectivity index (χ0n) is 20.8. The Bertz CT molecular complexity index is 905. The largest absolute Gasteiger partial charge is 0.400 e. The maximum Gasteiger partial charge on any atom is 0.190 e. The standard InChI is InChI=1S/C11H15N3S2.C10H13N3S2.CH3I.CH4O/c1-3-12-11(15-2)14-10(4-6-13-14)9-5-7-16-8-9;1-2-11-10(14)13-9(3-5-12-13)8-4-6-15-7-8;2*1-2/h5-8,10H,3-4H2,1-2H3;4-7,9H,2-3H2,1H3,(H,11,14);1H3;2H,1H3. The third-order valence-corrected chi connectivity index (χ3v) is 7.14. The van der Waals surface area contributed by atoms with Crippen LogP contribution in [0.5, 0.6) is 0 Å². The molecule has 194 valence electrons. The van der Waals surface area contributed by atoms with Crippen LogP contribution in [-0.2, 0) is 0 Å². The summed E-state index contributed by atoms with van der Waals surface area (Å²) in [4.78, 5) is 6.45. The summed E-state index contributed by atoms with van der Waals surface area (Å²) < 4.78 is 0. The van der Waals surface area contributed by atoms with E-state index < -0.39 is 0 Å². The van der Waals surface area contributed by atoms with Gasteiger partial charge in [-0.15, -0.1) is 0 Å². The van der Waals surface area contributed by atoms with Crippen molar-refractivity contribution in [2.45, 2.75) is 38.8 Å². The van der Waals surface area contributed by atoms with E-state index in [2.05, 4.69) is 83.7 Å². The summed E-state index contributed by atoms with van der Waals surface area (Å²) in [6, 6.07) is 4.92. The van der Waals surface area contributed by atoms with Gasteiger partial charge in [0.2, 0.25) is 0 Å². The number of aliphatic hydroxyl groups is 1. The van der Waals surface area contributed by atoms with Crippen LogP contribution < -0.4 is 5.32 Å². The summed E-state index contributed by atoms with van der Waals surface area (Å²) in [6.07, 6.45) is 7.85. The molecule has 0 saturated heterocycles. The second-order valence-corrected chi connectivity index (χ2v) is 9.42. The maximum absolute atomic E-state index is 7.00. The van der Waals surface area contributed by atoms with Crippen LogP contribution >= 0.6 is 69.2 Å². The number of rotatable bonds is 4. The molecule has 0 aromatic carbocycles. The van der Waals surface area contributed by atoms with E-state index >= 15 is 0 Å². The fourth-order valence-electron chi connectivity index (χ4n) is 3.29. The molecule has 2 aromatic rings. The lowest BCUT2D eigenvalue weighted by Gasteiger charge is -2.23. The van der Waals surface area contributed by atoms with Crippen LogP contribution in [0.4, 0.5) is 0 Å². The van der Waals surface area contributed by atoms with Gasteiger partial charge in [-0.1, -0.05) is 34.4 Å². The van der Waals surface area contributed by atoms with Crippen molar-refractivity contribution < 1.29 is 5.11 Å². The smallest absolute Gasteiger partial charge is 0.190 e. The van der Waals surface area contributed by atoms with E-state index in [1.807, 2.05) is 40.6 Å². The first-order valence-electron chi connectivity index (χ1n) is 11.1. The van der Waals surface area contributed by atoms with Gasteiger partial charge < -0.3 is 10.4 Å². The van der Waals surface area contributed by atoms with Crippen LogP contribution in [0.1, 0.15) is 49.9 Å². The van der Waals surface area contributed by atoms with E-state index in [0.29, 0.717) is 11.2 Å². The zero-order chi connectivity index (χ0) is 26.1. The number of nitrogens with one attached hydrogen (secondary N) is 1. The minimum Gasteiger partial charge on any atom is -0.400 e. The number of halogens is 1. The topological polar surface area (TPSA) is 75.8 Å². The average Bonchev–Trinajstić information content (AvgIpc) is 3.72. The summed E-state index contributed by atoms with van der Waals surface area (Å²) in [6.45, 7) is 5.72. The van der Waals surface area contributed by atoms with Gasteiger partial charge in [-0.05, 0) is 82.0 Å². The number of thiocarbonyl (C=S) groups is 1. The minimum absolute atomic E-state index is 0.280. The first-order chi connectivity index (χ1) is 17.2. The van der Waals surface area contributed by atoms with Gasteiger partial charge in [0.15, 0.2) is 10.3 Å². The second kappa shape index (κ2) is 19.1. The Kier molecular flexibility index (Phi) is 17.5. The van der Waals surface area contributed by atoms with Gasteiger partial charge in [-0.2, -0.15) is 32.9 Å². The van der Waals surface area contributed by atoms with E-state index in [1.165, 1.54) is 11.1 Å². The number of thioether (sulfide) groups is 1. The van der Waals surface area contributed by atoms with Crippen LogP contribution in [0.3, 0.4) is 0 Å². The molecule has 0 amide bonds. The highest BCUT2D eigenvalue weighted by molar-refractivity contribution is 14.1. The van der Waals surface area contributed by atoms with Gasteiger partial charge in [-0.3, -0.25) is 4.99 Å². The highest BCUT2D eigenvalue weighted by atomic mass is 127. The summed E-state index contributed by atoms with van der Waals surface area (Å²) in [5, 5.41) is 33.0. The lowest BCUT2D eigenvalue weighted by molar-refractivity contribution is 0.365. The Morgan fingerprint density at radius 2 is 1.60 bits per heavy atom. The van der Waals surface area contributed by atoms with Crippen molar-refractivity contribution in [2.24, 2.45) is 15.2 Å². The molecular formula is C23H35IN6OS4. The van der Waals surface area contributed by atoms with Gasteiger partial charge in [0, 0.05) is 45.5 Å². The number of nitrogens with zero attached hydrogens (tertiary/aromatic N) is 5. The Morgan fingerprint density at radius 3 is 2.03 bits per heavy atom. The van der Waals surface area contributed by atoms with Gasteiger partial charge in [-0.25, -0.2) is 10.0 Å². The summed E-state index contributed by atoms with van der Waals surface area (Å²) >= 11 is 12.5. The molecule has 7 nitrogen and oxygen atoms in total. The Labute approximate surface area is 240 Å². The van der Waals surface area contributed by atoms with Crippen molar-refractivity contribution in [2.75, 3.05) is 31.4 Å². The van der Waals surface area contributed by atoms with Crippen LogP contribution in [-0.4, -0.2) is 69.2 Å². The number of hydrazone groups is 2. The molecule has 35 heavy (non-hydrogen) atoms. The maximum atomic E-state index is 7.00. The van der Waals surface area contributed by atoms with Crippen molar-refractivity contribution >= 4 is 92.0 Å². The van der Waals surface area contributed by atoms with Crippen molar-refractivity contribution in [1.29, 1.82) is 0 Å². The molecule has 0 bridgehead atoms. The SMILES string of the molecule is CCN=C(SC)N1N=CCC1c1ccsc1.CCNC(=S)N1N=CCC1c1ccsc1.CI.CO. The number of aliphatic imine (C=N–C) groups is 1. The fourth-order valence-corrected chi connectivity index (χ4v) is 5.64. The molecule has 0 fully saturated rings. The second-order valence-electron chi connectivity index (χ2n) is 6.70. The first-order valence-corrected chi connectivity index (χ1v) is 16.7. The molecule has 12 heteroatoms. The van der Waals surface area contributed by atoms with Gasteiger partial charge >= 0.3 is 0 Å². The first kappa shape index (κ1) is 32.0. The third kappa shape index (κ3) is 9.73. The number of hydrogen-bond donors (Lipinski definition) is 2. The number of hydrogen-bond acceptors (Lipinski definition) is 8. The van der Waals surface area contributed by atoms with E-state index in [-0.39, 0.29) is 6.04 Å². The lowest BCUT2D eigenvalue weighted by Crippen LogP contribution is -2.36. The predicted molar refractivity (Wildman–Crippen MR) is 170 cm³/mol. The summed E-state index contributed by atoms with van der Waals surface area (Å²) in [5.74, 6) is 0. The average molecular weight is 667 g/mol. The fraction of sp³-hybridized carbons (Fsp3) is 0.478. The number of aliphatic hydroxyl groups excluding tert-OH is 1. The summed E-state index contributed by atoms with van der Waals surface area (Å²) in [7, 11) is 1.00. The number of alkyl halides is 1. The quantitative estimate of drug-likeness (QED) is 0.132.